The summed E-state index contributed by atoms with van der Waals surface area (Å²) < 4.78 is 152. The Labute approximate surface area is 582 Å². The Morgan fingerprint density at radius 2 is 1.56 bits per heavy atom. The molecule has 0 spiro atoms. The number of carboxylic acids is 1. The second-order valence-corrected chi connectivity index (χ2v) is 32.0. The summed E-state index contributed by atoms with van der Waals surface area (Å²) in [4.78, 5) is 105. The minimum atomic E-state index is -5.81. The SMILES string of the molecule is CC(C)(CCOC(=O)NCCOCCOCCNC(=O)c1ccc(C(=O)O)c(-c2c3ccc(=N)c(S(=O)(=O)O)c-3oc3c(S(=O)(=O)O)c(N)ccc23)c1)SSCOCCCCCNC(=O)NCC#Cc1cn([C@H]2CC(CCN=[N+]=[N-])[C@@H](COP(=O)(O)OP(=O)(O)OP(=O)(O)O)O2)c(=O)nc1N. The van der Waals surface area contributed by atoms with Gasteiger partial charge in [-0.2, -0.15) is 30.4 Å². The van der Waals surface area contributed by atoms with Gasteiger partial charge in [-0.25, -0.2) is 32.9 Å². The number of aromatic nitrogens is 2. The highest BCUT2D eigenvalue weighted by molar-refractivity contribution is 8.77. The summed E-state index contributed by atoms with van der Waals surface area (Å²) >= 11 is 0. The monoisotopic (exact) mass is 1560 g/mol. The van der Waals surface area contributed by atoms with Crippen LogP contribution < -0.4 is 43.8 Å². The predicted octanol–water partition coefficient (Wildman–Crippen LogP) is 5.08. The molecule has 3 aromatic rings. The van der Waals surface area contributed by atoms with Crippen molar-refractivity contribution < 1.29 is 125 Å². The third kappa shape index (κ3) is 25.9. The van der Waals surface area contributed by atoms with Crippen LogP contribution in [0.3, 0.4) is 0 Å². The second-order valence-electron chi connectivity index (χ2n) is 21.9. The van der Waals surface area contributed by atoms with Gasteiger partial charge in [0.15, 0.2) is 21.1 Å². The lowest BCUT2D eigenvalue weighted by Crippen LogP contribution is -2.36. The van der Waals surface area contributed by atoms with E-state index in [0.29, 0.717) is 31.9 Å². The van der Waals surface area contributed by atoms with Crippen molar-refractivity contribution >= 4 is 112 Å². The minimum absolute atomic E-state index is 0.00187. The zero-order chi connectivity index (χ0) is 74.5. The van der Waals surface area contributed by atoms with Crippen molar-refractivity contribution in [3.8, 4) is 34.3 Å². The van der Waals surface area contributed by atoms with Gasteiger partial charge < -0.3 is 85.5 Å². The number of carbonyl (C=O) groups excluding carboxylic acids is 3. The normalized spacial score (nSPS) is 16.1. The smallest absolute Gasteiger partial charge is 0.478 e. The van der Waals surface area contributed by atoms with E-state index in [0.717, 1.165) is 41.7 Å². The van der Waals surface area contributed by atoms with E-state index in [9.17, 15) is 78.5 Å². The molecule has 1 fully saturated rings. The van der Waals surface area contributed by atoms with Gasteiger partial charge in [0.2, 0.25) is 0 Å². The highest BCUT2D eigenvalue weighted by atomic mass is 33.1. The maximum atomic E-state index is 13.4. The van der Waals surface area contributed by atoms with Gasteiger partial charge in [-0.1, -0.05) is 38.5 Å². The van der Waals surface area contributed by atoms with Crippen LogP contribution in [0.1, 0.15) is 84.9 Å². The Hall–Kier alpha value is -7.27. The molecule has 554 valence electrons. The highest BCUT2D eigenvalue weighted by Crippen LogP contribution is 2.66. The topological polar surface area (TPSA) is 624 Å². The fourth-order valence-electron chi connectivity index (χ4n) is 9.51. The zero-order valence-electron chi connectivity index (χ0n) is 53.4. The summed E-state index contributed by atoms with van der Waals surface area (Å²) in [7, 11) is -24.4. The number of carbonyl (C=O) groups is 4. The number of nitrogens with two attached hydrogens (primary N) is 2. The lowest BCUT2D eigenvalue weighted by Gasteiger charge is -2.22. The summed E-state index contributed by atoms with van der Waals surface area (Å²) in [5.41, 5.74) is 17.2. The van der Waals surface area contributed by atoms with Crippen molar-refractivity contribution in [2.24, 2.45) is 11.0 Å². The number of carboxylic acid groups (broad SMARTS) is 1. The van der Waals surface area contributed by atoms with E-state index in [1.807, 2.05) is 13.8 Å². The molecule has 40 nitrogen and oxygen atoms in total. The highest BCUT2D eigenvalue weighted by Gasteiger charge is 2.43. The molecule has 0 bridgehead atoms. The number of azide groups is 1. The molecule has 6 rings (SSSR count). The molecule has 1 saturated heterocycles. The largest absolute Gasteiger partial charge is 0.490 e. The van der Waals surface area contributed by atoms with Crippen LogP contribution >= 0.6 is 45.1 Å². The fraction of sp³-hybridized carbons (Fsp3) is 0.463. The number of unbranched alkanes of at least 4 members (excludes halogenated alkanes) is 2. The Kier molecular flexibility index (Phi) is 30.5. The maximum absolute atomic E-state index is 13.4. The fourth-order valence-corrected chi connectivity index (χ4v) is 16.3. The Morgan fingerprint density at radius 3 is 2.24 bits per heavy atom. The van der Waals surface area contributed by atoms with Gasteiger partial charge in [-0.05, 0) is 112 Å². The number of hydrogen-bond acceptors (Lipinski definition) is 28. The van der Waals surface area contributed by atoms with Crippen LogP contribution in [0.15, 0.2) is 72.8 Å². The van der Waals surface area contributed by atoms with E-state index in [-0.39, 0.29) is 116 Å². The van der Waals surface area contributed by atoms with Crippen LogP contribution in [-0.4, -0.2) is 180 Å². The number of fused-ring (bicyclic) bond motifs is 2. The number of urea groups is 1. The molecule has 2 aromatic carbocycles. The quantitative estimate of drug-likeness (QED) is 0.00208. The first-order valence-electron chi connectivity index (χ1n) is 29.7. The van der Waals surface area contributed by atoms with Gasteiger partial charge in [0, 0.05) is 70.7 Å². The summed E-state index contributed by atoms with van der Waals surface area (Å²) in [6.45, 7) is 4.34. The number of aromatic carboxylic acids is 1. The number of phosphoric ester groups is 1. The number of amides is 4. The molecule has 0 saturated carbocycles. The minimum Gasteiger partial charge on any atom is -0.478 e. The summed E-state index contributed by atoms with van der Waals surface area (Å²) in [6, 6.07) is 7.32. The number of hydrogen-bond donors (Lipinski definition) is 14. The number of nitrogens with one attached hydrogen (secondary N) is 5. The van der Waals surface area contributed by atoms with Crippen LogP contribution in [0.5, 0.6) is 0 Å². The Bertz CT molecular complexity index is 4430. The molecule has 47 heteroatoms. The Morgan fingerprint density at radius 1 is 0.861 bits per heavy atom. The van der Waals surface area contributed by atoms with Gasteiger partial charge in [0.25, 0.3) is 26.1 Å². The third-order valence-electron chi connectivity index (χ3n) is 14.0. The van der Waals surface area contributed by atoms with E-state index in [1.54, 1.807) is 10.8 Å². The molecule has 3 heterocycles. The number of alkyl carbamates (subject to hydrolysis) is 1. The molecule has 5 atom stereocenters. The van der Waals surface area contributed by atoms with E-state index in [2.05, 4.69) is 56.7 Å². The number of ether oxygens (including phenoxy) is 5. The molecule has 1 aromatic heterocycles. The van der Waals surface area contributed by atoms with Gasteiger partial charge in [0.1, 0.15) is 18.0 Å². The van der Waals surface area contributed by atoms with Gasteiger partial charge in [0.05, 0.1) is 74.5 Å². The predicted molar refractivity (Wildman–Crippen MR) is 359 cm³/mol. The van der Waals surface area contributed by atoms with Crippen LogP contribution in [0.2, 0.25) is 0 Å². The molecule has 3 unspecified atom stereocenters. The molecule has 4 amide bonds. The first kappa shape index (κ1) is 82.7. The van der Waals surface area contributed by atoms with Crippen molar-refractivity contribution in [1.29, 1.82) is 5.41 Å². The van der Waals surface area contributed by atoms with Gasteiger partial charge in [-0.15, -0.1) is 0 Å². The number of anilines is 2. The summed E-state index contributed by atoms with van der Waals surface area (Å²) in [5, 5.41) is 31.4. The van der Waals surface area contributed by atoms with E-state index >= 15 is 0 Å². The standard InChI is InChI=1S/C54H71N12O28P3S4/c1-54(2,99-98-31-88-21-5-3-4-16-60-51(70)61-17-6-7-34-29-66(52(71)64-48(34)57)42-28-32(14-18-63-65-58)41(91-42)30-90-96(76,77)94-97(78,79)93-95(73,74)75)15-22-89-53(72)62-20-24-87-26-25-86-23-19-59-49(67)33-8-9-35(50(68)69)38(27-33)43-36-10-12-39(55)46(100(80,81)82)44(36)92-45-37(43)11-13-40(56)47(45)101(83,84)85/h8-13,27,29,32,41-42,55H,3-5,14-26,28,30-31,56H2,1-2H3,(H,59,67)(H,62,72)(H,68,69)(H,76,77)(H,78,79)(H2,57,64,71)(H2,60,61,70)(H2,73,74,75)(H,80,81,82)(H,83,84,85)/t32?,41-,42-/m1/s1. The zero-order valence-corrected chi connectivity index (χ0v) is 59.3. The summed E-state index contributed by atoms with van der Waals surface area (Å²) in [5.74, 6) is 1.91. The second kappa shape index (κ2) is 37.2. The molecular weight excluding hydrogens is 1490 g/mol. The summed E-state index contributed by atoms with van der Waals surface area (Å²) in [6.07, 6.45) is 1.10. The number of rotatable bonds is 39. The van der Waals surface area contributed by atoms with Crippen LogP contribution in [0.4, 0.5) is 21.1 Å². The van der Waals surface area contributed by atoms with E-state index in [1.165, 1.54) is 35.2 Å². The van der Waals surface area contributed by atoms with E-state index in [4.69, 9.17) is 64.8 Å². The van der Waals surface area contributed by atoms with Gasteiger partial charge in [-0.3, -0.25) is 28.4 Å². The van der Waals surface area contributed by atoms with E-state index < -0.39 is 136 Å². The van der Waals surface area contributed by atoms with Crippen LogP contribution in [-0.2, 0) is 70.8 Å². The number of nitrogen functional groups attached to an aromatic ring is 2. The first-order valence-corrected chi connectivity index (χ1v) is 39.4. The van der Waals surface area contributed by atoms with Gasteiger partial charge >= 0.3 is 47.3 Å². The molecule has 0 radical (unpaired) electrons. The molecular formula is C54H71N12O28P3S4. The van der Waals surface area contributed by atoms with Crippen molar-refractivity contribution in [2.75, 3.05) is 96.4 Å². The number of phosphoric acid groups is 3. The van der Waals surface area contributed by atoms with Crippen molar-refractivity contribution in [3.63, 3.8) is 0 Å². The average molecular weight is 1560 g/mol. The maximum Gasteiger partial charge on any atom is 0.490 e. The number of benzene rings is 3. The number of nitrogens with zero attached hydrogens (tertiary/aromatic N) is 5. The molecule has 101 heavy (non-hydrogen) atoms. The average Bonchev–Trinajstić information content (AvgIpc) is 1.14. The molecule has 1 aliphatic carbocycles. The van der Waals surface area contributed by atoms with Crippen molar-refractivity contribution in [1.82, 2.24) is 30.8 Å². The third-order valence-corrected chi connectivity index (χ3v) is 22.7. The molecule has 3 aliphatic rings. The van der Waals surface area contributed by atoms with Crippen LogP contribution in [0.25, 0.3) is 43.9 Å². The van der Waals surface area contributed by atoms with Crippen LogP contribution in [0, 0.1) is 23.2 Å². The first-order chi connectivity index (χ1) is 47.4. The molecule has 2 aliphatic heterocycles. The van der Waals surface area contributed by atoms with Crippen molar-refractivity contribution in [2.45, 2.75) is 79.2 Å². The molecule has 16 N–H and O–H groups in total. The lowest BCUT2D eigenvalue weighted by molar-refractivity contribution is -0.0324. The van der Waals surface area contributed by atoms with Crippen molar-refractivity contribution in [3.05, 3.63) is 91.6 Å². The lowest BCUT2D eigenvalue weighted by atomic mass is 9.89. The Balaban J connectivity index is 0.802.